The van der Waals surface area contributed by atoms with Crippen LogP contribution in [0, 0.1) is 0 Å². The number of hydrogen-bond acceptors (Lipinski definition) is 1. The summed E-state index contributed by atoms with van der Waals surface area (Å²) in [6.45, 7) is 1.34. The maximum absolute atomic E-state index is 11.4. The molecule has 0 fully saturated rings. The van der Waals surface area contributed by atoms with Crippen LogP contribution < -0.4 is 5.73 Å². The van der Waals surface area contributed by atoms with Crippen LogP contribution in [-0.4, -0.2) is 6.18 Å². The first-order valence-corrected chi connectivity index (χ1v) is 2.40. The van der Waals surface area contributed by atoms with Crippen molar-refractivity contribution in [2.24, 2.45) is 5.73 Å². The van der Waals surface area contributed by atoms with Crippen LogP contribution in [0.4, 0.5) is 13.2 Å². The summed E-state index contributed by atoms with van der Waals surface area (Å²) in [5.74, 6) is 0. The summed E-state index contributed by atoms with van der Waals surface area (Å²) in [6.07, 6.45) is -4.07. The van der Waals surface area contributed by atoms with Crippen LogP contribution in [0.1, 0.15) is 13.3 Å². The van der Waals surface area contributed by atoms with Gasteiger partial charge in [0.25, 0.3) is 0 Å². The molecule has 0 unspecified atom stereocenters. The lowest BCUT2D eigenvalue weighted by molar-refractivity contribution is -0.127. The van der Waals surface area contributed by atoms with E-state index < -0.39 is 12.6 Å². The molecule has 0 aliphatic carbocycles. The number of halogens is 3. The van der Waals surface area contributed by atoms with Crippen LogP contribution in [0.5, 0.6) is 0 Å². The van der Waals surface area contributed by atoms with E-state index in [9.17, 15) is 13.2 Å². The van der Waals surface area contributed by atoms with Gasteiger partial charge in [0.05, 0.1) is 6.42 Å². The minimum Gasteiger partial charge on any atom is -0.405 e. The summed E-state index contributed by atoms with van der Waals surface area (Å²) < 4.78 is 34.2. The fraction of sp³-hybridized carbons (Fsp3) is 0.600. The van der Waals surface area contributed by atoms with Crippen molar-refractivity contribution in [2.45, 2.75) is 19.5 Å². The first-order valence-electron chi connectivity index (χ1n) is 2.40. The van der Waals surface area contributed by atoms with Crippen LogP contribution in [0.3, 0.4) is 0 Å². The van der Waals surface area contributed by atoms with Crippen molar-refractivity contribution < 1.29 is 13.2 Å². The Balaban J connectivity index is 3.75. The van der Waals surface area contributed by atoms with Crippen molar-refractivity contribution in [1.29, 1.82) is 0 Å². The molecular weight excluding hydrogens is 131 g/mol. The predicted octanol–water partition coefficient (Wildman–Crippen LogP) is 1.80. The topological polar surface area (TPSA) is 26.0 Å². The van der Waals surface area contributed by atoms with E-state index in [0.717, 1.165) is 6.20 Å². The summed E-state index contributed by atoms with van der Waals surface area (Å²) in [5.41, 5.74) is 4.96. The van der Waals surface area contributed by atoms with Gasteiger partial charge in [-0.15, -0.1) is 0 Å². The Morgan fingerprint density at radius 2 is 2.00 bits per heavy atom. The fourth-order valence-electron chi connectivity index (χ4n) is 0.375. The number of hydrogen-bond donors (Lipinski definition) is 1. The lowest BCUT2D eigenvalue weighted by atomic mass is 10.2. The molecule has 0 saturated carbocycles. The normalized spacial score (nSPS) is 14.0. The van der Waals surface area contributed by atoms with E-state index in [1.54, 1.807) is 0 Å². The zero-order valence-corrected chi connectivity index (χ0v) is 5.00. The van der Waals surface area contributed by atoms with E-state index in [0.29, 0.717) is 0 Å². The smallest absolute Gasteiger partial charge is 0.392 e. The maximum atomic E-state index is 11.4. The van der Waals surface area contributed by atoms with Crippen LogP contribution in [0.2, 0.25) is 0 Å². The second-order valence-electron chi connectivity index (χ2n) is 1.80. The lowest BCUT2D eigenvalue weighted by Gasteiger charge is -2.03. The third-order valence-electron chi connectivity index (χ3n) is 0.764. The largest absolute Gasteiger partial charge is 0.405 e. The van der Waals surface area contributed by atoms with Crippen molar-refractivity contribution >= 4 is 0 Å². The van der Waals surface area contributed by atoms with E-state index in [-0.39, 0.29) is 5.57 Å². The molecule has 0 aromatic carbocycles. The number of alkyl halides is 3. The van der Waals surface area contributed by atoms with Gasteiger partial charge in [-0.3, -0.25) is 0 Å². The maximum Gasteiger partial charge on any atom is 0.392 e. The van der Waals surface area contributed by atoms with Gasteiger partial charge in [0.1, 0.15) is 0 Å². The zero-order chi connectivity index (χ0) is 7.49. The first kappa shape index (κ1) is 8.33. The molecule has 0 heterocycles. The van der Waals surface area contributed by atoms with Gasteiger partial charge in [-0.05, 0) is 18.7 Å². The fourth-order valence-corrected chi connectivity index (χ4v) is 0.375. The highest BCUT2D eigenvalue weighted by atomic mass is 19.4. The van der Waals surface area contributed by atoms with Crippen molar-refractivity contribution in [1.82, 2.24) is 0 Å². The molecule has 0 aromatic rings. The van der Waals surface area contributed by atoms with Crippen molar-refractivity contribution in [3.63, 3.8) is 0 Å². The van der Waals surface area contributed by atoms with E-state index >= 15 is 0 Å². The SMILES string of the molecule is C/C(=C/N)CC(F)(F)F. The molecule has 2 N–H and O–H groups in total. The van der Waals surface area contributed by atoms with Gasteiger partial charge in [-0.2, -0.15) is 13.2 Å². The van der Waals surface area contributed by atoms with Crippen molar-refractivity contribution in [3.05, 3.63) is 11.8 Å². The van der Waals surface area contributed by atoms with Crippen molar-refractivity contribution in [2.75, 3.05) is 0 Å². The Morgan fingerprint density at radius 3 is 2.11 bits per heavy atom. The van der Waals surface area contributed by atoms with Crippen LogP contribution in [-0.2, 0) is 0 Å². The molecule has 0 amide bonds. The molecule has 0 spiro atoms. The monoisotopic (exact) mass is 139 g/mol. The Labute approximate surface area is 51.3 Å². The van der Waals surface area contributed by atoms with Gasteiger partial charge in [0, 0.05) is 0 Å². The van der Waals surface area contributed by atoms with Crippen molar-refractivity contribution in [3.8, 4) is 0 Å². The molecule has 54 valence electrons. The summed E-state index contributed by atoms with van der Waals surface area (Å²) >= 11 is 0. The Hall–Kier alpha value is -0.670. The van der Waals surface area contributed by atoms with Crippen LogP contribution in [0.25, 0.3) is 0 Å². The number of allylic oxidation sites excluding steroid dienone is 1. The molecular formula is C5H8F3N. The van der Waals surface area contributed by atoms with E-state index in [1.165, 1.54) is 6.92 Å². The summed E-state index contributed by atoms with van der Waals surface area (Å²) in [7, 11) is 0. The minimum absolute atomic E-state index is 0.141. The van der Waals surface area contributed by atoms with Gasteiger partial charge in [0.2, 0.25) is 0 Å². The molecule has 0 aromatic heterocycles. The molecule has 4 heteroatoms. The molecule has 0 atom stereocenters. The van der Waals surface area contributed by atoms with Gasteiger partial charge in [-0.1, -0.05) is 0 Å². The third-order valence-corrected chi connectivity index (χ3v) is 0.764. The van der Waals surface area contributed by atoms with Crippen LogP contribution >= 0.6 is 0 Å². The third kappa shape index (κ3) is 5.20. The van der Waals surface area contributed by atoms with Crippen LogP contribution in [0.15, 0.2) is 11.8 Å². The second kappa shape index (κ2) is 2.75. The molecule has 0 saturated heterocycles. The molecule has 9 heavy (non-hydrogen) atoms. The summed E-state index contributed by atoms with van der Waals surface area (Å²) in [6, 6.07) is 0. The summed E-state index contributed by atoms with van der Waals surface area (Å²) in [4.78, 5) is 0. The Bertz CT molecular complexity index is 114. The zero-order valence-electron chi connectivity index (χ0n) is 5.00. The molecule has 1 nitrogen and oxygen atoms in total. The molecule has 0 bridgehead atoms. The Morgan fingerprint density at radius 1 is 1.56 bits per heavy atom. The van der Waals surface area contributed by atoms with E-state index in [1.807, 2.05) is 0 Å². The molecule has 0 aliphatic rings. The quantitative estimate of drug-likeness (QED) is 0.589. The number of nitrogens with two attached hydrogens (primary N) is 1. The van der Waals surface area contributed by atoms with Gasteiger partial charge in [0.15, 0.2) is 0 Å². The second-order valence-corrected chi connectivity index (χ2v) is 1.80. The van der Waals surface area contributed by atoms with E-state index in [4.69, 9.17) is 5.73 Å². The minimum atomic E-state index is -4.13. The van der Waals surface area contributed by atoms with Gasteiger partial charge >= 0.3 is 6.18 Å². The Kier molecular flexibility index (Phi) is 2.55. The summed E-state index contributed by atoms with van der Waals surface area (Å²) in [5, 5.41) is 0. The highest BCUT2D eigenvalue weighted by Crippen LogP contribution is 2.23. The molecule has 0 radical (unpaired) electrons. The average molecular weight is 139 g/mol. The molecule has 0 rings (SSSR count). The average Bonchev–Trinajstić information content (AvgIpc) is 1.62. The lowest BCUT2D eigenvalue weighted by Crippen LogP contribution is -2.07. The number of rotatable bonds is 1. The molecule has 0 aliphatic heterocycles. The highest BCUT2D eigenvalue weighted by Gasteiger charge is 2.26. The highest BCUT2D eigenvalue weighted by molar-refractivity contribution is 4.96. The predicted molar refractivity (Wildman–Crippen MR) is 28.6 cm³/mol. The standard InChI is InChI=1S/C5H8F3N/c1-4(3-9)2-5(6,7)8/h3H,2,9H2,1H3/b4-3-. The van der Waals surface area contributed by atoms with Gasteiger partial charge in [-0.25, -0.2) is 0 Å². The van der Waals surface area contributed by atoms with Gasteiger partial charge < -0.3 is 5.73 Å². The first-order chi connectivity index (χ1) is 3.95. The van der Waals surface area contributed by atoms with E-state index in [2.05, 4.69) is 0 Å².